The summed E-state index contributed by atoms with van der Waals surface area (Å²) in [6, 6.07) is 7.70. The molecule has 0 spiro atoms. The maximum atomic E-state index is 12.9. The van der Waals surface area contributed by atoms with Crippen molar-refractivity contribution in [2.24, 2.45) is 0 Å². The van der Waals surface area contributed by atoms with E-state index >= 15 is 0 Å². The summed E-state index contributed by atoms with van der Waals surface area (Å²) >= 11 is 0. The number of hydrogen-bond acceptors (Lipinski definition) is 11. The number of rotatable bonds is 20. The normalized spacial score (nSPS) is 20.7. The summed E-state index contributed by atoms with van der Waals surface area (Å²) in [5.41, 5.74) is 0.996. The zero-order chi connectivity index (χ0) is 33.0. The second-order valence-electron chi connectivity index (χ2n) is 12.9. The number of benzene rings is 1. The lowest BCUT2D eigenvalue weighted by Crippen LogP contribution is -2.48. The summed E-state index contributed by atoms with van der Waals surface area (Å²) in [4.78, 5) is 12.9. The van der Waals surface area contributed by atoms with Crippen molar-refractivity contribution in [2.45, 2.75) is 115 Å². The van der Waals surface area contributed by atoms with Crippen molar-refractivity contribution in [3.05, 3.63) is 29.8 Å². The van der Waals surface area contributed by atoms with Crippen LogP contribution >= 0.6 is 0 Å². The van der Waals surface area contributed by atoms with E-state index in [1.807, 2.05) is 24.3 Å². The van der Waals surface area contributed by atoms with Gasteiger partial charge in [0.25, 0.3) is 0 Å². The lowest BCUT2D eigenvalue weighted by Gasteiger charge is -2.41. The first-order valence-electron chi connectivity index (χ1n) is 15.3. The molecule has 0 unspecified atom stereocenters. The Kier molecular flexibility index (Phi) is 15.7. The maximum Gasteiger partial charge on any atom is 0.338 e. The molecule has 1 fully saturated rings. The second kappa shape index (κ2) is 17.9. The van der Waals surface area contributed by atoms with Crippen LogP contribution in [0.5, 0.6) is 5.75 Å². The van der Waals surface area contributed by atoms with Gasteiger partial charge in [-0.3, -0.25) is 0 Å². The highest BCUT2D eigenvalue weighted by atomic mass is 28.4. The topological polar surface area (TPSA) is 109 Å². The van der Waals surface area contributed by atoms with Crippen LogP contribution in [0.25, 0.3) is 0 Å². The number of hydrogen-bond donors (Lipinski definition) is 0. The summed E-state index contributed by atoms with van der Waals surface area (Å²) in [7, 11) is 2.49. The van der Waals surface area contributed by atoms with Gasteiger partial charge in [0, 0.05) is 27.1 Å². The van der Waals surface area contributed by atoms with E-state index in [-0.39, 0.29) is 37.9 Å². The fourth-order valence-corrected chi connectivity index (χ4v) is 6.03. The van der Waals surface area contributed by atoms with Gasteiger partial charge >= 0.3 is 5.97 Å². The number of methoxy groups -OCH3 is 3. The van der Waals surface area contributed by atoms with E-state index in [0.29, 0.717) is 19.4 Å². The molecule has 0 saturated carbocycles. The first-order chi connectivity index (χ1) is 20.7. The smallest absolute Gasteiger partial charge is 0.338 e. The average molecular weight is 645 g/mol. The maximum absolute atomic E-state index is 12.9. The van der Waals surface area contributed by atoms with Crippen LogP contribution in [0.15, 0.2) is 24.3 Å². The van der Waals surface area contributed by atoms with Gasteiger partial charge in [-0.1, -0.05) is 32.9 Å². The third-order valence-corrected chi connectivity index (χ3v) is 12.4. The molecule has 0 aromatic heterocycles. The lowest BCUT2D eigenvalue weighted by molar-refractivity contribution is -0.181. The minimum atomic E-state index is -2.28. The Morgan fingerprint density at radius 1 is 0.977 bits per heavy atom. The van der Waals surface area contributed by atoms with Crippen LogP contribution in [0.3, 0.4) is 0 Å². The molecule has 11 nitrogen and oxygen atoms in total. The van der Waals surface area contributed by atoms with Crippen molar-refractivity contribution in [1.82, 2.24) is 0 Å². The van der Waals surface area contributed by atoms with Crippen molar-refractivity contribution < 1.29 is 51.9 Å². The van der Waals surface area contributed by atoms with Crippen molar-refractivity contribution >= 4 is 14.3 Å². The highest BCUT2D eigenvalue weighted by molar-refractivity contribution is 6.74. The van der Waals surface area contributed by atoms with Gasteiger partial charge in [0.1, 0.15) is 31.5 Å². The first-order valence-corrected chi connectivity index (χ1v) is 18.2. The summed E-state index contributed by atoms with van der Waals surface area (Å²) < 4.78 is 58.7. The number of ether oxygens (including phenoxy) is 9. The number of esters is 1. The molecule has 2 rings (SSSR count). The highest BCUT2D eigenvalue weighted by Crippen LogP contribution is 2.40. The molecule has 0 aliphatic carbocycles. The highest BCUT2D eigenvalue weighted by Gasteiger charge is 2.48. The molecule has 1 saturated heterocycles. The molecule has 0 amide bonds. The predicted octanol–water partition coefficient (Wildman–Crippen LogP) is 5.44. The summed E-state index contributed by atoms with van der Waals surface area (Å²) in [6.45, 7) is 17.3. The van der Waals surface area contributed by atoms with E-state index in [1.54, 1.807) is 42.1 Å². The van der Waals surface area contributed by atoms with Crippen molar-refractivity contribution in [3.63, 3.8) is 0 Å². The molecule has 0 N–H and O–H groups in total. The van der Waals surface area contributed by atoms with Gasteiger partial charge in [0.2, 0.25) is 0 Å². The van der Waals surface area contributed by atoms with Crippen LogP contribution in [0.4, 0.5) is 0 Å². The monoisotopic (exact) mass is 644 g/mol. The van der Waals surface area contributed by atoms with Gasteiger partial charge < -0.3 is 47.1 Å². The Hall–Kier alpha value is -1.61. The van der Waals surface area contributed by atoms with Gasteiger partial charge in [-0.2, -0.15) is 0 Å². The van der Waals surface area contributed by atoms with E-state index in [2.05, 4.69) is 33.9 Å². The Bertz CT molecular complexity index is 964. The zero-order valence-corrected chi connectivity index (χ0v) is 29.6. The van der Waals surface area contributed by atoms with Gasteiger partial charge in [-0.05, 0) is 56.6 Å². The largest absolute Gasteiger partial charge is 0.497 e. The van der Waals surface area contributed by atoms with E-state index < -0.39 is 44.5 Å². The van der Waals surface area contributed by atoms with Crippen LogP contribution in [0.1, 0.15) is 59.9 Å². The summed E-state index contributed by atoms with van der Waals surface area (Å²) in [5, 5.41) is -0.0611. The Morgan fingerprint density at radius 2 is 1.59 bits per heavy atom. The third-order valence-electron chi connectivity index (χ3n) is 7.88. The van der Waals surface area contributed by atoms with Crippen molar-refractivity contribution in [2.75, 3.05) is 48.1 Å². The molecule has 1 aromatic rings. The van der Waals surface area contributed by atoms with Crippen LogP contribution in [0, 0.1) is 0 Å². The molecular formula is C32H56O11Si. The molecule has 5 atom stereocenters. The first kappa shape index (κ1) is 38.6. The predicted molar refractivity (Wildman–Crippen MR) is 168 cm³/mol. The van der Waals surface area contributed by atoms with Gasteiger partial charge in [0.15, 0.2) is 20.2 Å². The summed E-state index contributed by atoms with van der Waals surface area (Å²) in [5.74, 6) is -0.620. The molecule has 1 aromatic carbocycles. The van der Waals surface area contributed by atoms with E-state index in [4.69, 9.17) is 47.1 Å². The Balaban J connectivity index is 2.33. The molecule has 0 bridgehead atoms. The van der Waals surface area contributed by atoms with E-state index in [9.17, 15) is 4.79 Å². The van der Waals surface area contributed by atoms with Gasteiger partial charge in [-0.15, -0.1) is 0 Å². The molecule has 44 heavy (non-hydrogen) atoms. The lowest BCUT2D eigenvalue weighted by atomic mass is 9.99. The standard InChI is InChI=1S/C32H56O11Si/c1-12-38-30(33)29-27(41-32(5,6)42-29)18-25(43-44(10,11)31(2,3)4)17-26(39-21-34-7)28(40-22-35-8)20-37-19-23-13-15-24(36-9)16-14-23/h13-16,25-29H,12,17-22H2,1-11H3/t25-,26+,27+,28+,29+/m0/s1. The number of carbonyl (C=O) groups excluding carboxylic acids is 1. The molecule has 0 radical (unpaired) electrons. The van der Waals surface area contributed by atoms with Crippen LogP contribution in [0.2, 0.25) is 18.1 Å². The van der Waals surface area contributed by atoms with Gasteiger partial charge in [0.05, 0.1) is 39.1 Å². The van der Waals surface area contributed by atoms with E-state index in [0.717, 1.165) is 11.3 Å². The van der Waals surface area contributed by atoms with Crippen LogP contribution in [-0.4, -0.2) is 98.7 Å². The van der Waals surface area contributed by atoms with Crippen molar-refractivity contribution in [1.29, 1.82) is 0 Å². The van der Waals surface area contributed by atoms with Crippen molar-refractivity contribution in [3.8, 4) is 5.75 Å². The second-order valence-corrected chi connectivity index (χ2v) is 17.7. The summed E-state index contributed by atoms with van der Waals surface area (Å²) in [6.07, 6.45) is -2.01. The fourth-order valence-electron chi connectivity index (χ4n) is 4.65. The molecule has 254 valence electrons. The fraction of sp³-hybridized carbons (Fsp3) is 0.781. The minimum absolute atomic E-state index is 0.0460. The molecular weight excluding hydrogens is 588 g/mol. The average Bonchev–Trinajstić information content (AvgIpc) is 3.26. The van der Waals surface area contributed by atoms with Crippen LogP contribution < -0.4 is 4.74 Å². The molecule has 1 aliphatic rings. The molecule has 12 heteroatoms. The SMILES string of the molecule is CCOC(=O)[C@@H]1OC(C)(C)O[C@@H]1C[C@H](C[C@@H](OCOC)[C@@H](COCc1ccc(OC)cc1)OCOC)O[Si](C)(C)C(C)(C)C. The zero-order valence-electron chi connectivity index (χ0n) is 28.6. The van der Waals surface area contributed by atoms with Gasteiger partial charge in [-0.25, -0.2) is 4.79 Å². The minimum Gasteiger partial charge on any atom is -0.497 e. The molecule has 1 heterocycles. The van der Waals surface area contributed by atoms with Crippen LogP contribution in [-0.2, 0) is 53.7 Å². The quantitative estimate of drug-likeness (QED) is 0.103. The number of carbonyl (C=O) groups is 1. The molecule has 1 aliphatic heterocycles. The Labute approximate surface area is 265 Å². The Morgan fingerprint density at radius 3 is 2.14 bits per heavy atom. The third kappa shape index (κ3) is 12.3. The van der Waals surface area contributed by atoms with E-state index in [1.165, 1.54) is 0 Å².